The maximum Gasteiger partial charge on any atom is 0.198 e. The molecule has 6 fully saturated rings. The fourth-order valence-electron chi connectivity index (χ4n) is 13.2. The molecule has 0 bridgehead atoms. The largest absolute Gasteiger partial charge is 0.388 e. The van der Waals surface area contributed by atoms with E-state index in [0.717, 1.165) is 158 Å². The number of hydrogen-bond acceptors (Lipinski definition) is 36. The number of anilines is 10. The van der Waals surface area contributed by atoms with Crippen LogP contribution in [0.2, 0.25) is 0 Å². The molecule has 4 atom stereocenters. The molecule has 0 radical (unpaired) electrons. The molecule has 50 heteroatoms. The van der Waals surface area contributed by atoms with E-state index in [9.17, 15) is 51.7 Å². The van der Waals surface area contributed by atoms with E-state index in [1.807, 2.05) is 126 Å². The van der Waals surface area contributed by atoms with Crippen LogP contribution in [0.1, 0.15) is 260 Å². The van der Waals surface area contributed by atoms with E-state index in [1.54, 1.807) is 52.9 Å². The van der Waals surface area contributed by atoms with Crippen molar-refractivity contribution in [2.75, 3.05) is 26.6 Å². The van der Waals surface area contributed by atoms with Gasteiger partial charge in [0, 0.05) is 108 Å². The van der Waals surface area contributed by atoms with Crippen LogP contribution in [0.5, 0.6) is 0 Å². The Balaban J connectivity index is 0.000000127. The minimum absolute atomic E-state index is 0.0177. The van der Waals surface area contributed by atoms with Gasteiger partial charge in [0.05, 0.1) is 98.4 Å². The number of halogens is 7. The van der Waals surface area contributed by atoms with Crippen LogP contribution in [0.15, 0.2) is 143 Å². The fourth-order valence-corrected chi connectivity index (χ4v) is 19.2. The first-order chi connectivity index (χ1) is 68.8. The van der Waals surface area contributed by atoms with E-state index in [4.69, 9.17) is 9.31 Å². The number of H-pyrrole nitrogens is 5. The third kappa shape index (κ3) is 29.6. The zero-order valence-electron chi connectivity index (χ0n) is 79.2. The van der Waals surface area contributed by atoms with Gasteiger partial charge >= 0.3 is 50.0 Å². The Labute approximate surface area is 876 Å². The molecule has 33 nitrogen and oxygen atoms in total. The van der Waals surface area contributed by atoms with Crippen LogP contribution < -0.4 is 31.4 Å². The van der Waals surface area contributed by atoms with Crippen molar-refractivity contribution in [3.8, 4) is 42.8 Å². The molecule has 750 valence electrons. The summed E-state index contributed by atoms with van der Waals surface area (Å²) in [5, 5.41) is 79.0. The van der Waals surface area contributed by atoms with Crippen LogP contribution >= 0.6 is 125 Å². The molecule has 0 amide bonds. The number of nitrogens with zero attached hydrogens (tertiary/aromatic N) is 15. The zero-order chi connectivity index (χ0) is 103. The van der Waals surface area contributed by atoms with Gasteiger partial charge in [0.25, 0.3) is 0 Å². The molecule has 144 heavy (non-hydrogen) atoms. The number of thiol groups is 1. The smallest absolute Gasteiger partial charge is 0.198 e. The van der Waals surface area contributed by atoms with E-state index in [0.29, 0.717) is 96.5 Å². The number of aromatic nitrogens is 20. The molecule has 5 aliphatic carbocycles. The Morgan fingerprint density at radius 1 is 0.410 bits per heavy atom. The predicted octanol–water partition coefficient (Wildman–Crippen LogP) is 23.9. The van der Waals surface area contributed by atoms with Crippen molar-refractivity contribution in [3.05, 3.63) is 229 Å². The predicted molar refractivity (Wildman–Crippen MR) is 566 cm³/mol. The van der Waals surface area contributed by atoms with Crippen LogP contribution in [0.25, 0.3) is 42.8 Å². The van der Waals surface area contributed by atoms with Gasteiger partial charge in [0.1, 0.15) is 0 Å². The Hall–Kier alpha value is -11.2. The minimum Gasteiger partial charge on any atom is -0.388 e. The number of rotatable bonds is 27. The molecule has 6 aliphatic rings. The molecule has 16 aromatic rings. The summed E-state index contributed by atoms with van der Waals surface area (Å²) in [6.45, 7) is 19.7. The number of aromatic amines is 5. The van der Waals surface area contributed by atoms with Crippen molar-refractivity contribution < 1.29 is 61.0 Å². The van der Waals surface area contributed by atoms with Crippen molar-refractivity contribution in [1.29, 1.82) is 0 Å². The van der Waals surface area contributed by atoms with E-state index in [1.165, 1.54) is 87.8 Å². The number of aliphatic hydroxyl groups is 3. The van der Waals surface area contributed by atoms with E-state index in [-0.39, 0.29) is 69.9 Å². The summed E-state index contributed by atoms with van der Waals surface area (Å²) in [5.41, 5.74) is 4.65. The summed E-state index contributed by atoms with van der Waals surface area (Å²) in [6.07, 6.45) is 17.3. The van der Waals surface area contributed by atoms with Crippen molar-refractivity contribution in [1.82, 2.24) is 101 Å². The third-order valence-electron chi connectivity index (χ3n) is 22.5. The number of thiophene rings is 6. The first kappa shape index (κ1) is 107. The number of carbonyl (C=O) groups is 3. The minimum atomic E-state index is -0.557. The molecule has 22 rings (SSSR count). The molecule has 13 N–H and O–H groups in total. The number of aliphatic hydroxyl groups excluding tert-OH is 3. The number of Topliss-reactive ketones (excluding diaryl/α,β-unsaturated/α-hetero) is 3. The third-order valence-corrected chi connectivity index (χ3v) is 31.5. The monoisotopic (exact) mass is 2240 g/mol. The summed E-state index contributed by atoms with van der Waals surface area (Å²) in [7, 11) is -0.363. The van der Waals surface area contributed by atoms with Crippen molar-refractivity contribution in [3.63, 3.8) is 0 Å². The summed E-state index contributed by atoms with van der Waals surface area (Å²) in [4.78, 5) is 81.7. The van der Waals surface area contributed by atoms with Gasteiger partial charge in [0.2, 0.25) is 0 Å². The quantitative estimate of drug-likeness (QED) is 0.00747. The second kappa shape index (κ2) is 48.0. The normalized spacial score (nSPS) is 15.4. The Morgan fingerprint density at radius 3 is 0.910 bits per heavy atom. The molecule has 0 aromatic carbocycles. The SMILES string of the molecule is CC(=O)c1ccc(-c2ncc(F)c(Nc3cc(C4CC4)[nH]n3)n2)s1.CC(=O)c1ccc(B2OC(C)(C)C(C)(C)O2)s1.CC(=O)c1ccc(Br)s1.CC(O)c1ccc(-c2ncc(F)c(Nc3cc(C4CC4)[nH]n3)n2)s1.CC(S)B=S.C[C@@H](O)c1ccc(-c2ncc(F)c(Nc3cc(C4CC4)[nH]n3)n2)s1.C[C@H](O)c1ccc(-c2ncc(F)c(Nc3cc(C4CC4)[nH]n3)n2)s1.Fc1cnc(Br)nc1Nc1cc(C2CC2)[nH]n1. The second-order valence-corrected chi connectivity index (χ2v) is 45.0. The average Bonchev–Trinajstić information content (AvgIpc) is 1.62. The molecule has 0 spiro atoms. The van der Waals surface area contributed by atoms with Gasteiger partial charge in [-0.05, 0) is 232 Å². The summed E-state index contributed by atoms with van der Waals surface area (Å²) in [5.74, 6) is 5.00. The second-order valence-electron chi connectivity index (χ2n) is 35.2. The number of nitrogens with one attached hydrogen (secondary N) is 10. The molecule has 2 unspecified atom stereocenters. The molecule has 17 heterocycles. The molecular weight excluding hydrogens is 2140 g/mol. The van der Waals surface area contributed by atoms with Crippen molar-refractivity contribution in [2.45, 2.75) is 205 Å². The van der Waals surface area contributed by atoms with Gasteiger partial charge in [0.15, 0.2) is 133 Å². The summed E-state index contributed by atoms with van der Waals surface area (Å²) >= 11 is 23.1. The standard InChI is InChI=1S/3C16H16FN5OS.C16H14FN5OS.C12H17BO3S.C10H9BrFN5.C6H5BrOS.C2H5BS2/c4*1-8(23)12-4-5-13(24-12)16-18-7-10(17)15(20-16)19-14-6-11(21-22-14)9-2-3-9;1-8(14)9-6-7-10(17-9)13-15-11(2,3)12(4,5)16-13;11-10-13-4-6(12)9(15-10)14-8-3-7(16-17-8)5-1-2-5;1-4(8)5-2-3-6(7)9-5;1-2(4)3-5/h3*4-9,23H,2-3H2,1H3,(H2,18,19,20,21,22);4-7,9H,2-3H2,1H3,(H2,18,19,20,21,22);6-7H,1-5H3;3-5H,1-2H2,(H2,13,14,15,16,17);2-3H,1H3;2,4H,1H3/t2*8-;;;;;;/m10....../s1. The Morgan fingerprint density at radius 2 is 0.667 bits per heavy atom. The van der Waals surface area contributed by atoms with Gasteiger partial charge in [-0.1, -0.05) is 6.07 Å². The van der Waals surface area contributed by atoms with Gasteiger partial charge < -0.3 is 51.2 Å². The maximum absolute atomic E-state index is 14.0. The van der Waals surface area contributed by atoms with Crippen molar-refractivity contribution >= 4 is 218 Å². The molecule has 5 saturated carbocycles. The zero-order valence-corrected chi connectivity index (χ0v) is 88.9. The van der Waals surface area contributed by atoms with Crippen LogP contribution in [0.4, 0.5) is 80.1 Å². The van der Waals surface area contributed by atoms with Crippen molar-refractivity contribution in [2.24, 2.45) is 0 Å². The fraction of sp³-hybridized carbons (Fsp3) is 0.340. The number of hydrogen-bond donors (Lipinski definition) is 14. The maximum atomic E-state index is 14.0. The van der Waals surface area contributed by atoms with Crippen LogP contribution in [0, 0.1) is 29.1 Å². The molecule has 16 aromatic heterocycles. The topological polar surface area (TPSA) is 463 Å². The number of ketones is 3. The first-order valence-electron chi connectivity index (χ1n) is 45.5. The van der Waals surface area contributed by atoms with Gasteiger partial charge in [-0.25, -0.2) is 71.8 Å². The average molecular weight is 2240 g/mol. The first-order valence-corrected chi connectivity index (χ1v) is 53.0. The van der Waals surface area contributed by atoms with Gasteiger partial charge in [-0.3, -0.25) is 39.9 Å². The molecule has 1 saturated heterocycles. The van der Waals surface area contributed by atoms with Crippen LogP contribution in [-0.4, -0.2) is 163 Å². The Kier molecular flexibility index (Phi) is 35.6. The van der Waals surface area contributed by atoms with Gasteiger partial charge in [-0.15, -0.1) is 68.0 Å². The van der Waals surface area contributed by atoms with E-state index in [2.05, 4.69) is 184 Å². The molecule has 1 aliphatic heterocycles. The number of carbonyl (C=O) groups excluding carboxylic acids is 3. The van der Waals surface area contributed by atoms with Crippen LogP contribution in [0.3, 0.4) is 0 Å². The van der Waals surface area contributed by atoms with Crippen LogP contribution in [-0.2, 0) is 9.31 Å². The van der Waals surface area contributed by atoms with Gasteiger partial charge in [-0.2, -0.15) is 25.5 Å². The summed E-state index contributed by atoms with van der Waals surface area (Å²) in [6, 6.07) is 31.2. The van der Waals surface area contributed by atoms with E-state index < -0.39 is 47.4 Å². The van der Waals surface area contributed by atoms with E-state index >= 15 is 0 Å². The molecular formula is C94H98B2Br2F5N25O8S8. The Bertz CT molecular complexity index is 6790. The summed E-state index contributed by atoms with van der Waals surface area (Å²) < 4.78 is 83.6.